The van der Waals surface area contributed by atoms with Gasteiger partial charge in [-0.15, -0.1) is 0 Å². The summed E-state index contributed by atoms with van der Waals surface area (Å²) < 4.78 is 11.2. The van der Waals surface area contributed by atoms with Gasteiger partial charge < -0.3 is 70.5 Å². The Kier molecular flexibility index (Phi) is 27.5. The van der Waals surface area contributed by atoms with Crippen molar-refractivity contribution in [1.29, 1.82) is 0 Å². The number of aliphatic carboxylic acids is 10. The minimum absolute atomic E-state index is 0.338. The molecule has 0 spiro atoms. The molecular formula is C37H57N9O24. The SMILES string of the molecule is O=C(O)CN(CCN(CCN(CC(=O)O)CC(=O)O)C(CN=COC1CN(C(=O)O)CC1OC=NCC(C(=O)O)N(CCN(CC(=O)O)CC(=O)O)CCN(CC(=O)O)CC(=O)O)C(=O)O)CC(=O)O. The second-order valence-electron chi connectivity index (χ2n) is 15.3. The second kappa shape index (κ2) is 31.7. The number of rotatable bonds is 40. The lowest BCUT2D eigenvalue weighted by atomic mass is 10.2. The summed E-state index contributed by atoms with van der Waals surface area (Å²) in [4.78, 5) is 143. The van der Waals surface area contributed by atoms with Gasteiger partial charge in [0.05, 0.1) is 78.5 Å². The van der Waals surface area contributed by atoms with Crippen LogP contribution in [-0.4, -0.2) is 324 Å². The minimum Gasteiger partial charge on any atom is -0.480 e. The number of hydrogen-bond donors (Lipinski definition) is 11. The van der Waals surface area contributed by atoms with E-state index < -0.39 is 156 Å². The predicted octanol–water partition coefficient (Wildman–Crippen LogP) is -5.80. The Morgan fingerprint density at radius 3 is 0.829 bits per heavy atom. The lowest BCUT2D eigenvalue weighted by Gasteiger charge is -2.31. The van der Waals surface area contributed by atoms with Crippen molar-refractivity contribution < 1.29 is 118 Å². The van der Waals surface area contributed by atoms with Crippen LogP contribution in [0.3, 0.4) is 0 Å². The van der Waals surface area contributed by atoms with Gasteiger partial charge in [0.25, 0.3) is 0 Å². The Balaban J connectivity index is 3.35. The molecule has 33 heteroatoms. The van der Waals surface area contributed by atoms with Crippen molar-refractivity contribution in [3.63, 3.8) is 0 Å². The summed E-state index contributed by atoms with van der Waals surface area (Å²) in [5, 5.41) is 104. The number of carbonyl (C=O) groups is 11. The van der Waals surface area contributed by atoms with E-state index in [0.29, 0.717) is 0 Å². The van der Waals surface area contributed by atoms with E-state index in [1.54, 1.807) is 0 Å². The molecule has 1 rings (SSSR count). The van der Waals surface area contributed by atoms with E-state index in [1.165, 1.54) is 9.80 Å². The molecule has 1 aliphatic heterocycles. The Labute approximate surface area is 396 Å². The first kappa shape index (κ1) is 60.7. The average molecular weight is 1010 g/mol. The van der Waals surface area contributed by atoms with Gasteiger partial charge in [-0.1, -0.05) is 0 Å². The zero-order valence-corrected chi connectivity index (χ0v) is 37.4. The summed E-state index contributed by atoms with van der Waals surface area (Å²) in [6.07, 6.45) is -2.20. The van der Waals surface area contributed by atoms with Crippen LogP contribution >= 0.6 is 0 Å². The third kappa shape index (κ3) is 26.3. The summed E-state index contributed by atoms with van der Waals surface area (Å²) in [6.45, 7) is -10.7. The van der Waals surface area contributed by atoms with Crippen molar-refractivity contribution in [3.05, 3.63) is 0 Å². The topological polar surface area (TPSA) is 476 Å². The van der Waals surface area contributed by atoms with E-state index in [4.69, 9.17) is 9.47 Å². The van der Waals surface area contributed by atoms with Gasteiger partial charge in [-0.3, -0.25) is 87.3 Å². The van der Waals surface area contributed by atoms with Gasteiger partial charge in [0.15, 0.2) is 25.0 Å². The molecule has 4 unspecified atom stereocenters. The summed E-state index contributed by atoms with van der Waals surface area (Å²) in [7, 11) is 0. The van der Waals surface area contributed by atoms with Gasteiger partial charge in [0, 0.05) is 52.4 Å². The fourth-order valence-electron chi connectivity index (χ4n) is 6.70. The summed E-state index contributed by atoms with van der Waals surface area (Å²) >= 11 is 0. The van der Waals surface area contributed by atoms with Gasteiger partial charge in [0.2, 0.25) is 0 Å². The van der Waals surface area contributed by atoms with Crippen molar-refractivity contribution in [2.45, 2.75) is 24.3 Å². The van der Waals surface area contributed by atoms with Crippen molar-refractivity contribution in [1.82, 2.24) is 34.3 Å². The molecule has 0 saturated carbocycles. The van der Waals surface area contributed by atoms with Crippen LogP contribution in [0.5, 0.6) is 0 Å². The van der Waals surface area contributed by atoms with Gasteiger partial charge >= 0.3 is 65.8 Å². The summed E-state index contributed by atoms with van der Waals surface area (Å²) in [6, 6.07) is -3.19. The predicted molar refractivity (Wildman–Crippen MR) is 229 cm³/mol. The van der Waals surface area contributed by atoms with Crippen molar-refractivity contribution in [3.8, 4) is 0 Å². The highest BCUT2D eigenvalue weighted by atomic mass is 16.5. The van der Waals surface area contributed by atoms with Crippen LogP contribution in [0.4, 0.5) is 4.79 Å². The van der Waals surface area contributed by atoms with Crippen LogP contribution in [-0.2, 0) is 57.4 Å². The molecular weight excluding hydrogens is 954 g/mol. The average Bonchev–Trinajstić information content (AvgIpc) is 3.62. The molecule has 1 amide bonds. The fourth-order valence-corrected chi connectivity index (χ4v) is 6.70. The molecule has 394 valence electrons. The Bertz CT molecular complexity index is 1620. The number of amides is 1. The summed E-state index contributed by atoms with van der Waals surface area (Å²) in [5.74, 6) is -14.3. The monoisotopic (exact) mass is 1010 g/mol. The van der Waals surface area contributed by atoms with Crippen LogP contribution in [0.25, 0.3) is 0 Å². The quantitative estimate of drug-likeness (QED) is 0.0201. The van der Waals surface area contributed by atoms with E-state index in [-0.39, 0.29) is 65.4 Å². The number of nitrogens with zero attached hydrogens (tertiary/aromatic N) is 9. The van der Waals surface area contributed by atoms with E-state index in [9.17, 15) is 109 Å². The smallest absolute Gasteiger partial charge is 0.407 e. The lowest BCUT2D eigenvalue weighted by molar-refractivity contribution is -0.146. The number of ether oxygens (including phenoxy) is 2. The van der Waals surface area contributed by atoms with Crippen LogP contribution < -0.4 is 0 Å². The molecule has 4 atom stereocenters. The minimum atomic E-state index is -1.59. The number of hydrogen-bond acceptors (Lipinski definition) is 21. The van der Waals surface area contributed by atoms with Crippen molar-refractivity contribution in [2.24, 2.45) is 9.98 Å². The van der Waals surface area contributed by atoms with Crippen molar-refractivity contribution in [2.75, 3.05) is 131 Å². The maximum absolute atomic E-state index is 12.5. The van der Waals surface area contributed by atoms with Gasteiger partial charge in [-0.05, 0) is 0 Å². The first-order valence-corrected chi connectivity index (χ1v) is 20.6. The van der Waals surface area contributed by atoms with E-state index in [1.807, 2.05) is 0 Å². The largest absolute Gasteiger partial charge is 0.480 e. The highest BCUT2D eigenvalue weighted by Gasteiger charge is 2.38. The molecule has 11 N–H and O–H groups in total. The van der Waals surface area contributed by atoms with Gasteiger partial charge in [-0.25, -0.2) is 4.79 Å². The molecule has 0 aromatic rings. The second-order valence-corrected chi connectivity index (χ2v) is 15.3. The van der Waals surface area contributed by atoms with Crippen LogP contribution in [0.1, 0.15) is 0 Å². The third-order valence-electron chi connectivity index (χ3n) is 9.80. The molecule has 1 heterocycles. The Morgan fingerprint density at radius 2 is 0.643 bits per heavy atom. The Hall–Kier alpha value is -7.33. The van der Waals surface area contributed by atoms with Crippen LogP contribution in [0.2, 0.25) is 0 Å². The standard InChI is InChI=1S/C37H57N9O24/c47-27(48)13-40(14-28(49)50)1-5-44(6-2-41(15-29(51)52)16-30(53)54)23(35(63)64)9-38-21-69-25-11-46(37(67)68)12-26(25)70-22-39-10-24(36(65)66)45(7-3-42(17-31(55)56)18-32(57)58)8-4-43(19-33(59)60)20-34(61)62/h21-26H,1-20H2,(H,47,48)(H,49,50)(H,51,52)(H,53,54)(H,55,56)(H,57,58)(H,59,60)(H,61,62)(H,63,64)(H,65,66)(H,67,68). The normalized spacial score (nSPS) is 15.8. The zero-order valence-electron chi connectivity index (χ0n) is 37.4. The van der Waals surface area contributed by atoms with E-state index >= 15 is 0 Å². The molecule has 0 aromatic heterocycles. The molecule has 0 aliphatic carbocycles. The molecule has 0 radical (unpaired) electrons. The maximum atomic E-state index is 12.5. The van der Waals surface area contributed by atoms with Crippen LogP contribution in [0, 0.1) is 0 Å². The number of carboxylic acids is 10. The highest BCUT2D eigenvalue weighted by molar-refractivity contribution is 5.76. The number of aliphatic imine (C=N–C) groups is 2. The highest BCUT2D eigenvalue weighted by Crippen LogP contribution is 2.17. The van der Waals surface area contributed by atoms with Gasteiger partial charge in [-0.2, -0.15) is 0 Å². The molecule has 1 saturated heterocycles. The van der Waals surface area contributed by atoms with Gasteiger partial charge in [0.1, 0.15) is 12.1 Å². The first-order valence-electron chi connectivity index (χ1n) is 20.6. The number of likely N-dealkylation sites (tertiary alicyclic amines) is 1. The summed E-state index contributed by atoms with van der Waals surface area (Å²) in [5.41, 5.74) is 0. The molecule has 1 fully saturated rings. The lowest BCUT2D eigenvalue weighted by Crippen LogP contribution is -2.51. The maximum Gasteiger partial charge on any atom is 0.407 e. The number of carboxylic acid groups (broad SMARTS) is 11. The molecule has 0 aromatic carbocycles. The van der Waals surface area contributed by atoms with Crippen LogP contribution in [0.15, 0.2) is 9.98 Å². The Morgan fingerprint density at radius 1 is 0.414 bits per heavy atom. The molecule has 1 aliphatic rings. The molecule has 70 heavy (non-hydrogen) atoms. The van der Waals surface area contributed by atoms with Crippen molar-refractivity contribution >= 4 is 78.6 Å². The zero-order chi connectivity index (χ0) is 53.1. The molecule has 33 nitrogen and oxygen atoms in total. The molecule has 0 bridgehead atoms. The third-order valence-corrected chi connectivity index (χ3v) is 9.80. The van der Waals surface area contributed by atoms with E-state index in [0.717, 1.165) is 37.3 Å². The van der Waals surface area contributed by atoms with E-state index in [2.05, 4.69) is 9.98 Å². The first-order chi connectivity index (χ1) is 32.8. The fraction of sp³-hybridized carbons (Fsp3) is 0.649.